The second-order valence-electron chi connectivity index (χ2n) is 3.98. The van der Waals surface area contributed by atoms with E-state index >= 15 is 0 Å². The average molecular weight is 264 g/mol. The van der Waals surface area contributed by atoms with Gasteiger partial charge in [0.05, 0.1) is 29.1 Å². The fourth-order valence-corrected chi connectivity index (χ4v) is 2.67. The van der Waals surface area contributed by atoms with Crippen molar-refractivity contribution in [1.29, 1.82) is 0 Å². The highest BCUT2D eigenvalue weighted by Crippen LogP contribution is 2.26. The lowest BCUT2D eigenvalue weighted by Crippen LogP contribution is -2.12. The molecule has 0 aromatic carbocycles. The first kappa shape index (κ1) is 12.7. The van der Waals surface area contributed by atoms with Gasteiger partial charge in [0.2, 0.25) is 0 Å². The maximum Gasteiger partial charge on any atom is 0.160 e. The van der Waals surface area contributed by atoms with Gasteiger partial charge in [-0.25, -0.2) is 15.8 Å². The van der Waals surface area contributed by atoms with Gasteiger partial charge in [-0.15, -0.1) is 11.3 Å². The molecule has 0 bridgehead atoms. The Morgan fingerprint density at radius 3 is 2.56 bits per heavy atom. The minimum atomic E-state index is 0.138. The van der Waals surface area contributed by atoms with Crippen molar-refractivity contribution in [3.8, 4) is 0 Å². The largest absolute Gasteiger partial charge is 0.361 e. The van der Waals surface area contributed by atoms with Gasteiger partial charge >= 0.3 is 0 Å². The third kappa shape index (κ3) is 2.74. The Hall–Kier alpha value is -1.73. The smallest absolute Gasteiger partial charge is 0.160 e. The van der Waals surface area contributed by atoms with Gasteiger partial charge in [-0.3, -0.25) is 4.98 Å². The molecule has 2 aromatic heterocycles. The Morgan fingerprint density at radius 1 is 1.22 bits per heavy atom. The SMILES string of the molecule is Cc1nc(C)c(C(C)Nc2cncc(NN)n2)s1. The first-order valence-electron chi connectivity index (χ1n) is 5.59. The van der Waals surface area contributed by atoms with E-state index in [9.17, 15) is 0 Å². The van der Waals surface area contributed by atoms with Crippen molar-refractivity contribution in [2.24, 2.45) is 5.84 Å². The standard InChI is InChI=1S/C11H16N6S/c1-6-11(18-8(3)14-6)7(2)15-9-4-13-5-10(16-9)17-12/h4-5,7H,12H2,1-3H3,(H2,15,16,17). The number of hydrogen-bond donors (Lipinski definition) is 3. The number of aromatic nitrogens is 3. The third-order valence-electron chi connectivity index (χ3n) is 2.48. The molecule has 0 spiro atoms. The predicted octanol–water partition coefficient (Wildman–Crippen LogP) is 2.01. The number of hydrazine groups is 1. The second-order valence-corrected chi connectivity index (χ2v) is 5.22. The third-order valence-corrected chi connectivity index (χ3v) is 3.74. The van der Waals surface area contributed by atoms with Crippen molar-refractivity contribution < 1.29 is 0 Å². The summed E-state index contributed by atoms with van der Waals surface area (Å²) in [5.41, 5.74) is 3.53. The van der Waals surface area contributed by atoms with Gasteiger partial charge in [0.25, 0.3) is 0 Å². The number of nitrogens with zero attached hydrogens (tertiary/aromatic N) is 3. The quantitative estimate of drug-likeness (QED) is 0.578. The molecule has 2 aromatic rings. The van der Waals surface area contributed by atoms with E-state index in [-0.39, 0.29) is 6.04 Å². The lowest BCUT2D eigenvalue weighted by Gasteiger charge is -2.13. The van der Waals surface area contributed by atoms with Gasteiger partial charge in [0, 0.05) is 4.88 Å². The summed E-state index contributed by atoms with van der Waals surface area (Å²) in [5, 5.41) is 4.36. The van der Waals surface area contributed by atoms with Crippen molar-refractivity contribution in [2.45, 2.75) is 26.8 Å². The molecule has 0 aliphatic carbocycles. The van der Waals surface area contributed by atoms with Crippen molar-refractivity contribution in [3.05, 3.63) is 28.0 Å². The molecule has 1 unspecified atom stereocenters. The van der Waals surface area contributed by atoms with Crippen LogP contribution in [0.25, 0.3) is 0 Å². The molecule has 0 aliphatic heterocycles. The number of rotatable bonds is 4. The molecule has 0 saturated heterocycles. The van der Waals surface area contributed by atoms with Crippen LogP contribution in [0.1, 0.15) is 28.5 Å². The van der Waals surface area contributed by atoms with E-state index in [1.54, 1.807) is 23.7 Å². The van der Waals surface area contributed by atoms with Crippen molar-refractivity contribution in [2.75, 3.05) is 10.7 Å². The Labute approximate surface area is 110 Å². The highest BCUT2D eigenvalue weighted by Gasteiger charge is 2.13. The van der Waals surface area contributed by atoms with Gasteiger partial charge in [-0.2, -0.15) is 0 Å². The molecule has 2 rings (SSSR count). The van der Waals surface area contributed by atoms with Crippen LogP contribution in [0.3, 0.4) is 0 Å². The molecule has 96 valence electrons. The number of nitrogen functional groups attached to an aromatic ring is 1. The van der Waals surface area contributed by atoms with Gasteiger partial charge in [-0.1, -0.05) is 0 Å². The summed E-state index contributed by atoms with van der Waals surface area (Å²) in [7, 11) is 0. The van der Waals surface area contributed by atoms with Crippen LogP contribution in [0.4, 0.5) is 11.6 Å². The zero-order chi connectivity index (χ0) is 13.1. The summed E-state index contributed by atoms with van der Waals surface area (Å²) in [4.78, 5) is 13.9. The van der Waals surface area contributed by atoms with E-state index in [1.165, 1.54) is 4.88 Å². The average Bonchev–Trinajstić information content (AvgIpc) is 2.69. The van der Waals surface area contributed by atoms with E-state index in [4.69, 9.17) is 5.84 Å². The normalized spacial score (nSPS) is 12.2. The first-order valence-corrected chi connectivity index (χ1v) is 6.41. The summed E-state index contributed by atoms with van der Waals surface area (Å²) < 4.78 is 0. The molecule has 0 amide bonds. The van der Waals surface area contributed by atoms with Crippen LogP contribution in [-0.4, -0.2) is 15.0 Å². The highest BCUT2D eigenvalue weighted by molar-refractivity contribution is 7.11. The summed E-state index contributed by atoms with van der Waals surface area (Å²) >= 11 is 1.69. The summed E-state index contributed by atoms with van der Waals surface area (Å²) in [6.07, 6.45) is 3.23. The molecular formula is C11H16N6S. The minimum Gasteiger partial charge on any atom is -0.361 e. The highest BCUT2D eigenvalue weighted by atomic mass is 32.1. The zero-order valence-electron chi connectivity index (χ0n) is 10.6. The lowest BCUT2D eigenvalue weighted by atomic mass is 10.2. The Morgan fingerprint density at radius 2 is 1.94 bits per heavy atom. The van der Waals surface area contributed by atoms with Crippen LogP contribution in [0, 0.1) is 13.8 Å². The number of aryl methyl sites for hydroxylation is 2. The topological polar surface area (TPSA) is 88.8 Å². The van der Waals surface area contributed by atoms with Gasteiger partial charge in [0.15, 0.2) is 5.82 Å². The maximum absolute atomic E-state index is 5.30. The molecule has 0 aliphatic rings. The molecule has 0 saturated carbocycles. The predicted molar refractivity (Wildman–Crippen MR) is 73.5 cm³/mol. The summed E-state index contributed by atoms with van der Waals surface area (Å²) in [5.74, 6) is 6.52. The molecule has 0 radical (unpaired) electrons. The molecule has 0 fully saturated rings. The minimum absolute atomic E-state index is 0.138. The van der Waals surface area contributed by atoms with E-state index < -0.39 is 0 Å². The van der Waals surface area contributed by atoms with Crippen LogP contribution in [0.2, 0.25) is 0 Å². The fourth-order valence-electron chi connectivity index (χ4n) is 1.74. The first-order chi connectivity index (χ1) is 8.60. The molecule has 1 atom stereocenters. The van der Waals surface area contributed by atoms with Crippen LogP contribution < -0.4 is 16.6 Å². The van der Waals surface area contributed by atoms with E-state index in [0.717, 1.165) is 10.7 Å². The fraction of sp³-hybridized carbons (Fsp3) is 0.364. The van der Waals surface area contributed by atoms with E-state index in [0.29, 0.717) is 11.6 Å². The molecule has 4 N–H and O–H groups in total. The van der Waals surface area contributed by atoms with Crippen molar-refractivity contribution in [1.82, 2.24) is 15.0 Å². The van der Waals surface area contributed by atoms with Crippen molar-refractivity contribution in [3.63, 3.8) is 0 Å². The number of hydrogen-bond acceptors (Lipinski definition) is 7. The molecular weight excluding hydrogens is 248 g/mol. The lowest BCUT2D eigenvalue weighted by molar-refractivity contribution is 0.876. The Balaban J connectivity index is 2.15. The van der Waals surface area contributed by atoms with Crippen LogP contribution in [0.15, 0.2) is 12.4 Å². The van der Waals surface area contributed by atoms with Crippen LogP contribution in [0.5, 0.6) is 0 Å². The van der Waals surface area contributed by atoms with Crippen LogP contribution >= 0.6 is 11.3 Å². The molecule has 18 heavy (non-hydrogen) atoms. The number of nitrogens with one attached hydrogen (secondary N) is 2. The molecule has 2 heterocycles. The van der Waals surface area contributed by atoms with Crippen LogP contribution in [-0.2, 0) is 0 Å². The number of thiazole rings is 1. The second kappa shape index (κ2) is 5.28. The Kier molecular flexibility index (Phi) is 3.73. The van der Waals surface area contributed by atoms with Gasteiger partial charge < -0.3 is 10.7 Å². The molecule has 6 nitrogen and oxygen atoms in total. The summed E-state index contributed by atoms with van der Waals surface area (Å²) in [6.45, 7) is 6.09. The monoisotopic (exact) mass is 264 g/mol. The van der Waals surface area contributed by atoms with Crippen molar-refractivity contribution >= 4 is 23.0 Å². The van der Waals surface area contributed by atoms with E-state index in [2.05, 4.69) is 32.6 Å². The van der Waals surface area contributed by atoms with Gasteiger partial charge in [-0.05, 0) is 20.8 Å². The van der Waals surface area contributed by atoms with E-state index in [1.807, 2.05) is 13.8 Å². The number of nitrogens with two attached hydrogens (primary N) is 1. The van der Waals surface area contributed by atoms with Gasteiger partial charge in [0.1, 0.15) is 5.82 Å². The molecule has 7 heteroatoms. The summed E-state index contributed by atoms with van der Waals surface area (Å²) in [6, 6.07) is 0.138. The Bertz CT molecular complexity index is 538. The maximum atomic E-state index is 5.30. The zero-order valence-corrected chi connectivity index (χ0v) is 11.4. The number of anilines is 2.